The highest BCUT2D eigenvalue weighted by molar-refractivity contribution is 5.94. The Balaban J connectivity index is 2.40. The zero-order valence-electron chi connectivity index (χ0n) is 10.5. The van der Waals surface area contributed by atoms with Crippen LogP contribution in [0.5, 0.6) is 0 Å². The second kappa shape index (κ2) is 7.45. The molecule has 0 radical (unpaired) electrons. The lowest BCUT2D eigenvalue weighted by atomic mass is 10.2. The molecule has 0 aromatic heterocycles. The van der Waals surface area contributed by atoms with Crippen molar-refractivity contribution in [2.75, 3.05) is 13.2 Å². The third-order valence-electron chi connectivity index (χ3n) is 2.34. The van der Waals surface area contributed by atoms with E-state index in [0.717, 1.165) is 6.07 Å². The average Bonchev–Trinajstić information content (AvgIpc) is 2.38. The Kier molecular flexibility index (Phi) is 5.92. The molecular weight excluding hydrogens is 256 g/mol. The van der Waals surface area contributed by atoms with E-state index in [1.54, 1.807) is 6.92 Å². The Morgan fingerprint density at radius 2 is 2.05 bits per heavy atom. The maximum absolute atomic E-state index is 13.3. The first-order chi connectivity index (χ1) is 9.06. The average molecular weight is 271 g/mol. The topological polar surface area (TPSA) is 55.4 Å². The molecule has 0 aliphatic carbocycles. The number of ether oxygens (including phenoxy) is 1. The lowest BCUT2D eigenvalue weighted by molar-refractivity contribution is -0.143. The molecule has 1 aromatic rings. The van der Waals surface area contributed by atoms with Crippen molar-refractivity contribution in [3.63, 3.8) is 0 Å². The highest BCUT2D eigenvalue weighted by atomic mass is 19.2. The van der Waals surface area contributed by atoms with Gasteiger partial charge in [-0.3, -0.25) is 9.59 Å². The smallest absolute Gasteiger partial charge is 0.305 e. The largest absolute Gasteiger partial charge is 0.466 e. The van der Waals surface area contributed by atoms with Crippen LogP contribution in [0.2, 0.25) is 0 Å². The summed E-state index contributed by atoms with van der Waals surface area (Å²) in [5, 5.41) is 2.41. The molecule has 1 rings (SSSR count). The van der Waals surface area contributed by atoms with Gasteiger partial charge in [-0.25, -0.2) is 8.78 Å². The van der Waals surface area contributed by atoms with E-state index in [4.69, 9.17) is 4.74 Å². The van der Waals surface area contributed by atoms with Crippen molar-refractivity contribution in [2.45, 2.75) is 19.8 Å². The van der Waals surface area contributed by atoms with Gasteiger partial charge in [0, 0.05) is 13.0 Å². The molecule has 0 saturated heterocycles. The van der Waals surface area contributed by atoms with Crippen LogP contribution in [0.15, 0.2) is 18.2 Å². The van der Waals surface area contributed by atoms with E-state index in [0.29, 0.717) is 13.0 Å². The normalized spacial score (nSPS) is 10.1. The predicted octanol–water partition coefficient (Wildman–Crippen LogP) is 2.04. The molecule has 1 N–H and O–H groups in total. The molecule has 1 aromatic carbocycles. The minimum absolute atomic E-state index is 0.166. The molecule has 0 heterocycles. The van der Waals surface area contributed by atoms with Crippen molar-refractivity contribution < 1.29 is 23.1 Å². The Labute approximate surface area is 109 Å². The Morgan fingerprint density at radius 1 is 1.32 bits per heavy atom. The maximum Gasteiger partial charge on any atom is 0.305 e. The molecule has 0 atom stereocenters. The summed E-state index contributed by atoms with van der Waals surface area (Å²) in [7, 11) is 0. The van der Waals surface area contributed by atoms with Gasteiger partial charge in [0.15, 0.2) is 11.6 Å². The van der Waals surface area contributed by atoms with E-state index in [1.165, 1.54) is 12.1 Å². The monoisotopic (exact) mass is 271 g/mol. The van der Waals surface area contributed by atoms with E-state index >= 15 is 0 Å². The Bertz CT molecular complexity index is 463. The second-order valence-corrected chi connectivity index (χ2v) is 3.77. The molecule has 0 spiro atoms. The molecule has 1 amide bonds. The number of nitrogens with one attached hydrogen (secondary N) is 1. The van der Waals surface area contributed by atoms with Gasteiger partial charge in [0.05, 0.1) is 12.2 Å². The molecule has 0 bridgehead atoms. The molecule has 0 unspecified atom stereocenters. The first-order valence-electron chi connectivity index (χ1n) is 5.94. The molecule has 4 nitrogen and oxygen atoms in total. The van der Waals surface area contributed by atoms with Crippen LogP contribution < -0.4 is 5.32 Å². The van der Waals surface area contributed by atoms with Crippen molar-refractivity contribution in [3.05, 3.63) is 35.4 Å². The third-order valence-corrected chi connectivity index (χ3v) is 2.34. The number of carbonyl (C=O) groups excluding carboxylic acids is 2. The summed E-state index contributed by atoms with van der Waals surface area (Å²) in [6, 6.07) is 3.39. The summed E-state index contributed by atoms with van der Waals surface area (Å²) in [4.78, 5) is 22.6. The summed E-state index contributed by atoms with van der Waals surface area (Å²) in [5.41, 5.74) is -0.351. The fourth-order valence-corrected chi connectivity index (χ4v) is 1.44. The Morgan fingerprint density at radius 3 is 2.74 bits per heavy atom. The van der Waals surface area contributed by atoms with Gasteiger partial charge in [-0.2, -0.15) is 0 Å². The number of esters is 1. The molecule has 0 aliphatic heterocycles. The zero-order valence-corrected chi connectivity index (χ0v) is 10.5. The van der Waals surface area contributed by atoms with Gasteiger partial charge in [-0.1, -0.05) is 6.07 Å². The summed E-state index contributed by atoms with van der Waals surface area (Å²) < 4.78 is 30.9. The second-order valence-electron chi connectivity index (χ2n) is 3.77. The van der Waals surface area contributed by atoms with Crippen LogP contribution in [0.25, 0.3) is 0 Å². The highest BCUT2D eigenvalue weighted by Crippen LogP contribution is 2.10. The number of benzene rings is 1. The van der Waals surface area contributed by atoms with Crippen molar-refractivity contribution in [1.82, 2.24) is 5.32 Å². The van der Waals surface area contributed by atoms with Gasteiger partial charge in [0.1, 0.15) is 0 Å². The van der Waals surface area contributed by atoms with Crippen LogP contribution >= 0.6 is 0 Å². The number of hydrogen-bond acceptors (Lipinski definition) is 3. The summed E-state index contributed by atoms with van der Waals surface area (Å²) >= 11 is 0. The summed E-state index contributed by atoms with van der Waals surface area (Å²) in [6.07, 6.45) is 0.543. The zero-order chi connectivity index (χ0) is 14.3. The van der Waals surface area contributed by atoms with Gasteiger partial charge >= 0.3 is 5.97 Å². The minimum Gasteiger partial charge on any atom is -0.466 e. The van der Waals surface area contributed by atoms with Gasteiger partial charge in [-0.05, 0) is 25.5 Å². The number of halogens is 2. The first-order valence-corrected chi connectivity index (χ1v) is 5.94. The van der Waals surface area contributed by atoms with Crippen LogP contribution in [-0.4, -0.2) is 25.0 Å². The van der Waals surface area contributed by atoms with Crippen LogP contribution in [-0.2, 0) is 9.53 Å². The molecule has 19 heavy (non-hydrogen) atoms. The molecular formula is C13H15F2NO3. The standard InChI is InChI=1S/C13H15F2NO3/c1-2-19-11(17)7-4-8-16-13(18)9-5-3-6-10(14)12(9)15/h3,5-6H,2,4,7-8H2,1H3,(H,16,18). The molecule has 6 heteroatoms. The quantitative estimate of drug-likeness (QED) is 0.636. The van der Waals surface area contributed by atoms with Gasteiger partial charge < -0.3 is 10.1 Å². The molecule has 0 aliphatic rings. The summed E-state index contributed by atoms with van der Waals surface area (Å²) in [5.74, 6) is -3.31. The van der Waals surface area contributed by atoms with Crippen LogP contribution in [0.1, 0.15) is 30.1 Å². The lowest BCUT2D eigenvalue weighted by Gasteiger charge is -2.06. The Hall–Kier alpha value is -1.98. The number of hydrogen-bond donors (Lipinski definition) is 1. The van der Waals surface area contributed by atoms with E-state index < -0.39 is 17.5 Å². The van der Waals surface area contributed by atoms with Crippen molar-refractivity contribution in [1.29, 1.82) is 0 Å². The van der Waals surface area contributed by atoms with Gasteiger partial charge in [0.25, 0.3) is 5.91 Å². The third kappa shape index (κ3) is 4.65. The van der Waals surface area contributed by atoms with E-state index in [2.05, 4.69) is 5.32 Å². The highest BCUT2D eigenvalue weighted by Gasteiger charge is 2.14. The van der Waals surface area contributed by atoms with Gasteiger partial charge in [0.2, 0.25) is 0 Å². The van der Waals surface area contributed by atoms with Crippen LogP contribution in [0.3, 0.4) is 0 Å². The fourth-order valence-electron chi connectivity index (χ4n) is 1.44. The van der Waals surface area contributed by atoms with E-state index in [1.807, 2.05) is 0 Å². The van der Waals surface area contributed by atoms with Crippen LogP contribution in [0.4, 0.5) is 8.78 Å². The van der Waals surface area contributed by atoms with Crippen molar-refractivity contribution in [2.24, 2.45) is 0 Å². The first kappa shape index (κ1) is 15.1. The van der Waals surface area contributed by atoms with Crippen molar-refractivity contribution in [3.8, 4) is 0 Å². The number of amides is 1. The fraction of sp³-hybridized carbons (Fsp3) is 0.385. The molecule has 0 fully saturated rings. The van der Waals surface area contributed by atoms with Crippen molar-refractivity contribution >= 4 is 11.9 Å². The number of rotatable bonds is 6. The van der Waals surface area contributed by atoms with E-state index in [-0.39, 0.29) is 24.5 Å². The predicted molar refractivity (Wildman–Crippen MR) is 64.6 cm³/mol. The van der Waals surface area contributed by atoms with E-state index in [9.17, 15) is 18.4 Å². The van der Waals surface area contributed by atoms with Crippen LogP contribution in [0, 0.1) is 11.6 Å². The number of carbonyl (C=O) groups is 2. The molecule has 0 saturated carbocycles. The SMILES string of the molecule is CCOC(=O)CCCNC(=O)c1cccc(F)c1F. The summed E-state index contributed by atoms with van der Waals surface area (Å²) in [6.45, 7) is 2.19. The maximum atomic E-state index is 13.3. The van der Waals surface area contributed by atoms with Gasteiger partial charge in [-0.15, -0.1) is 0 Å². The molecule has 104 valence electrons. The lowest BCUT2D eigenvalue weighted by Crippen LogP contribution is -2.26. The minimum atomic E-state index is -1.18.